The fraction of sp³-hybridized carbons (Fsp3) is 0.0625. The fourth-order valence-corrected chi connectivity index (χ4v) is 2.62. The first-order chi connectivity index (χ1) is 9.70. The van der Waals surface area contributed by atoms with E-state index < -0.39 is 0 Å². The highest BCUT2D eigenvalue weighted by atomic mass is 32.1. The van der Waals surface area contributed by atoms with Crippen LogP contribution in [0.4, 0.5) is 16.5 Å². The molecular weight excluding hydrogens is 266 g/mol. The van der Waals surface area contributed by atoms with Crippen molar-refractivity contribution in [2.75, 3.05) is 11.1 Å². The molecule has 0 radical (unpaired) electrons. The van der Waals surface area contributed by atoms with Gasteiger partial charge in [0.25, 0.3) is 0 Å². The molecule has 0 fully saturated rings. The summed E-state index contributed by atoms with van der Waals surface area (Å²) in [4.78, 5) is 4.60. The number of anilines is 3. The Balaban J connectivity index is 1.80. The van der Waals surface area contributed by atoms with Crippen molar-refractivity contribution in [2.45, 2.75) is 6.92 Å². The highest BCUT2D eigenvalue weighted by molar-refractivity contribution is 7.14. The third kappa shape index (κ3) is 2.81. The Hall–Kier alpha value is -2.33. The normalized spacial score (nSPS) is 10.4. The molecule has 1 heterocycles. The van der Waals surface area contributed by atoms with Gasteiger partial charge < -0.3 is 11.1 Å². The molecule has 3 aromatic rings. The molecule has 100 valence electrons. The largest absolute Gasteiger partial charge is 0.399 e. The standard InChI is InChI=1S/C16H15N3S/c1-11-2-4-12(5-3-11)15-10-20-16(19-15)18-14-8-6-13(17)7-9-14/h2-10H,17H2,1H3,(H,18,19). The summed E-state index contributed by atoms with van der Waals surface area (Å²) < 4.78 is 0. The second-order valence-corrected chi connectivity index (χ2v) is 5.51. The van der Waals surface area contributed by atoms with Crippen LogP contribution in [-0.4, -0.2) is 4.98 Å². The molecule has 4 heteroatoms. The van der Waals surface area contributed by atoms with Crippen LogP contribution in [0.3, 0.4) is 0 Å². The lowest BCUT2D eigenvalue weighted by molar-refractivity contribution is 1.37. The highest BCUT2D eigenvalue weighted by Gasteiger charge is 2.04. The van der Waals surface area contributed by atoms with Gasteiger partial charge in [0, 0.05) is 22.3 Å². The molecule has 0 atom stereocenters. The van der Waals surface area contributed by atoms with Gasteiger partial charge in [0.05, 0.1) is 5.69 Å². The molecule has 0 unspecified atom stereocenters. The van der Waals surface area contributed by atoms with E-state index in [9.17, 15) is 0 Å². The lowest BCUT2D eigenvalue weighted by atomic mass is 10.1. The van der Waals surface area contributed by atoms with Gasteiger partial charge in [-0.15, -0.1) is 11.3 Å². The number of hydrogen-bond donors (Lipinski definition) is 2. The lowest BCUT2D eigenvalue weighted by Gasteiger charge is -2.02. The Morgan fingerprint density at radius 2 is 1.70 bits per heavy atom. The van der Waals surface area contributed by atoms with E-state index in [-0.39, 0.29) is 0 Å². The van der Waals surface area contributed by atoms with Crippen molar-refractivity contribution in [1.29, 1.82) is 0 Å². The predicted molar refractivity (Wildman–Crippen MR) is 86.4 cm³/mol. The topological polar surface area (TPSA) is 50.9 Å². The van der Waals surface area contributed by atoms with E-state index in [1.54, 1.807) is 11.3 Å². The van der Waals surface area contributed by atoms with Crippen molar-refractivity contribution in [2.24, 2.45) is 0 Å². The van der Waals surface area contributed by atoms with Gasteiger partial charge in [0.15, 0.2) is 5.13 Å². The number of aromatic nitrogens is 1. The molecule has 0 spiro atoms. The molecule has 0 amide bonds. The molecule has 0 saturated heterocycles. The van der Waals surface area contributed by atoms with Crippen LogP contribution in [0.1, 0.15) is 5.56 Å². The Kier molecular flexibility index (Phi) is 3.39. The van der Waals surface area contributed by atoms with Crippen LogP contribution < -0.4 is 11.1 Å². The average Bonchev–Trinajstić information content (AvgIpc) is 2.91. The van der Waals surface area contributed by atoms with Crippen LogP contribution in [0.25, 0.3) is 11.3 Å². The summed E-state index contributed by atoms with van der Waals surface area (Å²) in [6.07, 6.45) is 0. The SMILES string of the molecule is Cc1ccc(-c2csc(Nc3ccc(N)cc3)n2)cc1. The molecular formula is C16H15N3S. The summed E-state index contributed by atoms with van der Waals surface area (Å²) in [5.41, 5.74) is 10.8. The zero-order chi connectivity index (χ0) is 13.9. The van der Waals surface area contributed by atoms with E-state index in [4.69, 9.17) is 5.73 Å². The quantitative estimate of drug-likeness (QED) is 0.698. The molecule has 0 aliphatic rings. The van der Waals surface area contributed by atoms with Crippen LogP contribution >= 0.6 is 11.3 Å². The number of nitrogens with zero attached hydrogens (tertiary/aromatic N) is 1. The fourth-order valence-electron chi connectivity index (χ4n) is 1.88. The average molecular weight is 281 g/mol. The first-order valence-electron chi connectivity index (χ1n) is 6.36. The molecule has 0 saturated carbocycles. The Labute approximate surface area is 122 Å². The molecule has 1 aromatic heterocycles. The zero-order valence-electron chi connectivity index (χ0n) is 11.1. The van der Waals surface area contributed by atoms with Gasteiger partial charge in [-0.05, 0) is 31.2 Å². The Morgan fingerprint density at radius 3 is 2.40 bits per heavy atom. The minimum absolute atomic E-state index is 0.759. The van der Waals surface area contributed by atoms with Crippen LogP contribution in [0.15, 0.2) is 53.9 Å². The third-order valence-electron chi connectivity index (χ3n) is 3.01. The smallest absolute Gasteiger partial charge is 0.187 e. The minimum Gasteiger partial charge on any atom is -0.399 e. The number of nitrogens with one attached hydrogen (secondary N) is 1. The number of hydrogen-bond acceptors (Lipinski definition) is 4. The highest BCUT2D eigenvalue weighted by Crippen LogP contribution is 2.27. The van der Waals surface area contributed by atoms with Crippen LogP contribution in [-0.2, 0) is 0 Å². The van der Waals surface area contributed by atoms with Gasteiger partial charge in [0.1, 0.15) is 0 Å². The second kappa shape index (κ2) is 5.35. The van der Waals surface area contributed by atoms with Crippen LogP contribution in [0, 0.1) is 6.92 Å². The summed E-state index contributed by atoms with van der Waals surface area (Å²) in [5.74, 6) is 0. The van der Waals surface area contributed by atoms with Crippen molar-refractivity contribution in [1.82, 2.24) is 4.98 Å². The van der Waals surface area contributed by atoms with Crippen molar-refractivity contribution in [3.8, 4) is 11.3 Å². The third-order valence-corrected chi connectivity index (χ3v) is 3.77. The van der Waals surface area contributed by atoms with E-state index >= 15 is 0 Å². The summed E-state index contributed by atoms with van der Waals surface area (Å²) in [6, 6.07) is 16.0. The summed E-state index contributed by atoms with van der Waals surface area (Å²) in [5, 5.41) is 6.22. The van der Waals surface area contributed by atoms with Crippen molar-refractivity contribution < 1.29 is 0 Å². The van der Waals surface area contributed by atoms with E-state index in [0.717, 1.165) is 27.8 Å². The first-order valence-corrected chi connectivity index (χ1v) is 7.24. The number of aryl methyl sites for hydroxylation is 1. The molecule has 0 bridgehead atoms. The number of rotatable bonds is 3. The van der Waals surface area contributed by atoms with Gasteiger partial charge >= 0.3 is 0 Å². The van der Waals surface area contributed by atoms with Gasteiger partial charge in [-0.25, -0.2) is 4.98 Å². The van der Waals surface area contributed by atoms with Gasteiger partial charge in [-0.3, -0.25) is 0 Å². The van der Waals surface area contributed by atoms with Gasteiger partial charge in [-0.2, -0.15) is 0 Å². The predicted octanol–water partition coefficient (Wildman–Crippen LogP) is 4.44. The van der Waals surface area contributed by atoms with E-state index in [2.05, 4.69) is 46.9 Å². The number of benzene rings is 2. The van der Waals surface area contributed by atoms with Gasteiger partial charge in [-0.1, -0.05) is 29.8 Å². The van der Waals surface area contributed by atoms with E-state index in [1.807, 2.05) is 24.3 Å². The minimum atomic E-state index is 0.759. The maximum atomic E-state index is 5.67. The van der Waals surface area contributed by atoms with E-state index in [0.29, 0.717) is 0 Å². The van der Waals surface area contributed by atoms with Crippen molar-refractivity contribution >= 4 is 27.8 Å². The zero-order valence-corrected chi connectivity index (χ0v) is 11.9. The lowest BCUT2D eigenvalue weighted by Crippen LogP contribution is -1.90. The molecule has 0 aliphatic carbocycles. The molecule has 3 N–H and O–H groups in total. The van der Waals surface area contributed by atoms with Gasteiger partial charge in [0.2, 0.25) is 0 Å². The second-order valence-electron chi connectivity index (χ2n) is 4.65. The molecule has 20 heavy (non-hydrogen) atoms. The monoisotopic (exact) mass is 281 g/mol. The number of nitrogen functional groups attached to an aromatic ring is 1. The summed E-state index contributed by atoms with van der Waals surface area (Å²) >= 11 is 1.59. The molecule has 3 rings (SSSR count). The van der Waals surface area contributed by atoms with Crippen LogP contribution in [0.2, 0.25) is 0 Å². The summed E-state index contributed by atoms with van der Waals surface area (Å²) in [6.45, 7) is 2.08. The van der Waals surface area contributed by atoms with Crippen molar-refractivity contribution in [3.63, 3.8) is 0 Å². The maximum Gasteiger partial charge on any atom is 0.187 e. The maximum absolute atomic E-state index is 5.67. The Bertz CT molecular complexity index is 699. The Morgan fingerprint density at radius 1 is 1.00 bits per heavy atom. The molecule has 0 aliphatic heterocycles. The molecule has 2 aromatic carbocycles. The molecule has 3 nitrogen and oxygen atoms in total. The number of nitrogens with two attached hydrogens (primary N) is 1. The summed E-state index contributed by atoms with van der Waals surface area (Å²) in [7, 11) is 0. The van der Waals surface area contributed by atoms with E-state index in [1.165, 1.54) is 5.56 Å². The van der Waals surface area contributed by atoms with Crippen LogP contribution in [0.5, 0.6) is 0 Å². The first kappa shape index (κ1) is 12.7. The van der Waals surface area contributed by atoms with Crippen molar-refractivity contribution in [3.05, 3.63) is 59.5 Å². The number of thiazole rings is 1.